The molecule has 0 atom stereocenters. The zero-order chi connectivity index (χ0) is 19.8. The minimum atomic E-state index is -0.111. The van der Waals surface area contributed by atoms with Crippen LogP contribution in [-0.4, -0.2) is 69.1 Å². The van der Waals surface area contributed by atoms with Crippen LogP contribution < -0.4 is 16.0 Å². The smallest absolute Gasteiger partial charge is 0.254 e. The predicted octanol–water partition coefficient (Wildman–Crippen LogP) is 0.968. The molecule has 0 radical (unpaired) electrons. The molecule has 2 aliphatic rings. The quantitative estimate of drug-likeness (QED) is 0.309. The van der Waals surface area contributed by atoms with E-state index < -0.39 is 0 Å². The lowest BCUT2D eigenvalue weighted by molar-refractivity contribution is -0.123. The molecular weight excluding hydrogens is 485 g/mol. The predicted molar refractivity (Wildman–Crippen MR) is 123 cm³/mol. The first-order valence-electron chi connectivity index (χ1n) is 9.83. The van der Waals surface area contributed by atoms with Crippen LogP contribution >= 0.6 is 24.0 Å². The Hall–Kier alpha value is -1.88. The first-order chi connectivity index (χ1) is 13.7. The van der Waals surface area contributed by atoms with E-state index in [-0.39, 0.29) is 42.3 Å². The Balaban J connectivity index is 0.00000300. The number of halogens is 1. The maximum Gasteiger partial charge on any atom is 0.254 e. The summed E-state index contributed by atoms with van der Waals surface area (Å²) in [6, 6.07) is 7.47. The van der Waals surface area contributed by atoms with Crippen molar-refractivity contribution in [1.29, 1.82) is 0 Å². The minimum absolute atomic E-state index is 0. The second-order valence-corrected chi connectivity index (χ2v) is 7.14. The van der Waals surface area contributed by atoms with Crippen molar-refractivity contribution < 1.29 is 14.3 Å². The molecule has 0 saturated carbocycles. The van der Waals surface area contributed by atoms with Crippen molar-refractivity contribution in [3.05, 3.63) is 35.4 Å². The average molecular weight is 515 g/mol. The van der Waals surface area contributed by atoms with Gasteiger partial charge in [0, 0.05) is 52.0 Å². The standard InChI is InChI=1S/C20H29N5O3.HI/c1-21-20(24-13-16-6-10-28-11-7-16)23-12-15-2-4-17(5-3-15)19(27)25-9-8-22-18(26)14-25;/h2-5,16H,6-14H2,1H3,(H,22,26)(H2,21,23,24);1H. The molecule has 2 aliphatic heterocycles. The second kappa shape index (κ2) is 12.0. The zero-order valence-corrected chi connectivity index (χ0v) is 19.1. The summed E-state index contributed by atoms with van der Waals surface area (Å²) in [6.07, 6.45) is 2.16. The number of nitrogens with one attached hydrogen (secondary N) is 3. The fraction of sp³-hybridized carbons (Fsp3) is 0.550. The zero-order valence-electron chi connectivity index (χ0n) is 16.8. The van der Waals surface area contributed by atoms with E-state index in [4.69, 9.17) is 4.74 Å². The van der Waals surface area contributed by atoms with Crippen LogP contribution in [0.25, 0.3) is 0 Å². The molecule has 160 valence electrons. The number of amides is 2. The Morgan fingerprint density at radius 1 is 1.24 bits per heavy atom. The summed E-state index contributed by atoms with van der Waals surface area (Å²) in [5.74, 6) is 1.17. The molecule has 1 aromatic carbocycles. The number of nitrogens with zero attached hydrogens (tertiary/aromatic N) is 2. The lowest BCUT2D eigenvalue weighted by atomic mass is 10.0. The van der Waals surface area contributed by atoms with Crippen LogP contribution in [0.15, 0.2) is 29.3 Å². The molecule has 3 rings (SSSR count). The number of piperazine rings is 1. The van der Waals surface area contributed by atoms with Gasteiger partial charge in [0.05, 0.1) is 6.54 Å². The molecule has 0 aromatic heterocycles. The van der Waals surface area contributed by atoms with Crippen LogP contribution in [0.4, 0.5) is 0 Å². The van der Waals surface area contributed by atoms with Crippen molar-refractivity contribution in [3.63, 3.8) is 0 Å². The summed E-state index contributed by atoms with van der Waals surface area (Å²) in [4.78, 5) is 29.8. The van der Waals surface area contributed by atoms with Gasteiger partial charge in [-0.15, -0.1) is 24.0 Å². The highest BCUT2D eigenvalue weighted by Gasteiger charge is 2.22. The minimum Gasteiger partial charge on any atom is -0.381 e. The number of hydrogen-bond acceptors (Lipinski definition) is 4. The van der Waals surface area contributed by atoms with Crippen molar-refractivity contribution in [2.75, 3.05) is 46.4 Å². The second-order valence-electron chi connectivity index (χ2n) is 7.14. The molecule has 9 heteroatoms. The van der Waals surface area contributed by atoms with Gasteiger partial charge in [-0.2, -0.15) is 0 Å². The van der Waals surface area contributed by atoms with Crippen LogP contribution in [0.5, 0.6) is 0 Å². The summed E-state index contributed by atoms with van der Waals surface area (Å²) in [7, 11) is 1.76. The Bertz CT molecular complexity index is 705. The van der Waals surface area contributed by atoms with Crippen LogP contribution in [-0.2, 0) is 16.1 Å². The van der Waals surface area contributed by atoms with Gasteiger partial charge in [-0.25, -0.2) is 0 Å². The molecule has 0 bridgehead atoms. The fourth-order valence-corrected chi connectivity index (χ4v) is 3.36. The molecule has 29 heavy (non-hydrogen) atoms. The number of ether oxygens (including phenoxy) is 1. The maximum absolute atomic E-state index is 12.5. The highest BCUT2D eigenvalue weighted by Crippen LogP contribution is 2.13. The van der Waals surface area contributed by atoms with E-state index in [1.165, 1.54) is 0 Å². The number of aliphatic imine (C=N–C) groups is 1. The largest absolute Gasteiger partial charge is 0.381 e. The molecule has 2 amide bonds. The van der Waals surface area contributed by atoms with Crippen molar-refractivity contribution >= 4 is 41.8 Å². The van der Waals surface area contributed by atoms with Gasteiger partial charge >= 0.3 is 0 Å². The van der Waals surface area contributed by atoms with Gasteiger partial charge in [0.2, 0.25) is 5.91 Å². The first-order valence-corrected chi connectivity index (χ1v) is 9.83. The summed E-state index contributed by atoms with van der Waals surface area (Å²) in [5, 5.41) is 9.40. The third-order valence-electron chi connectivity index (χ3n) is 5.11. The SMILES string of the molecule is CN=C(NCc1ccc(C(=O)N2CCNC(=O)C2)cc1)NCC1CCOCC1.I. The molecule has 0 unspecified atom stereocenters. The van der Waals surface area contributed by atoms with E-state index in [2.05, 4.69) is 20.9 Å². The van der Waals surface area contributed by atoms with E-state index in [1.54, 1.807) is 11.9 Å². The lowest BCUT2D eigenvalue weighted by Crippen LogP contribution is -2.49. The van der Waals surface area contributed by atoms with Crippen LogP contribution in [0, 0.1) is 5.92 Å². The Labute approximate surface area is 188 Å². The first kappa shape index (κ1) is 23.4. The molecule has 0 spiro atoms. The number of carbonyl (C=O) groups excluding carboxylic acids is 2. The van der Waals surface area contributed by atoms with E-state index in [0.717, 1.165) is 44.1 Å². The number of benzene rings is 1. The summed E-state index contributed by atoms with van der Waals surface area (Å²) < 4.78 is 5.39. The summed E-state index contributed by atoms with van der Waals surface area (Å²) >= 11 is 0. The summed E-state index contributed by atoms with van der Waals surface area (Å²) in [6.45, 7) is 4.36. The van der Waals surface area contributed by atoms with E-state index in [1.807, 2.05) is 24.3 Å². The van der Waals surface area contributed by atoms with Gasteiger partial charge in [-0.1, -0.05) is 12.1 Å². The van der Waals surface area contributed by atoms with Crippen molar-refractivity contribution in [1.82, 2.24) is 20.9 Å². The number of hydrogen-bond donors (Lipinski definition) is 3. The van der Waals surface area contributed by atoms with Gasteiger partial charge in [0.25, 0.3) is 5.91 Å². The number of rotatable bonds is 5. The van der Waals surface area contributed by atoms with Gasteiger partial charge in [0.1, 0.15) is 0 Å². The highest BCUT2D eigenvalue weighted by atomic mass is 127. The average Bonchev–Trinajstić information content (AvgIpc) is 2.74. The molecule has 3 N–H and O–H groups in total. The maximum atomic E-state index is 12.5. The topological polar surface area (TPSA) is 95.1 Å². The molecular formula is C20H30IN5O3. The normalized spacial score (nSPS) is 17.9. The number of guanidine groups is 1. The van der Waals surface area contributed by atoms with Crippen LogP contribution in [0.2, 0.25) is 0 Å². The highest BCUT2D eigenvalue weighted by molar-refractivity contribution is 14.0. The Morgan fingerprint density at radius 3 is 2.62 bits per heavy atom. The molecule has 1 aromatic rings. The Kier molecular flexibility index (Phi) is 9.65. The van der Waals surface area contributed by atoms with E-state index in [9.17, 15) is 9.59 Å². The third-order valence-corrected chi connectivity index (χ3v) is 5.11. The summed E-state index contributed by atoms with van der Waals surface area (Å²) in [5.41, 5.74) is 1.66. The number of carbonyl (C=O) groups is 2. The Morgan fingerprint density at radius 2 is 1.97 bits per heavy atom. The molecule has 8 nitrogen and oxygen atoms in total. The molecule has 2 fully saturated rings. The van der Waals surface area contributed by atoms with E-state index in [0.29, 0.717) is 31.1 Å². The van der Waals surface area contributed by atoms with E-state index >= 15 is 0 Å². The lowest BCUT2D eigenvalue weighted by Gasteiger charge is -2.26. The fourth-order valence-electron chi connectivity index (χ4n) is 3.36. The van der Waals surface area contributed by atoms with Crippen molar-refractivity contribution in [2.45, 2.75) is 19.4 Å². The molecule has 2 saturated heterocycles. The van der Waals surface area contributed by atoms with Gasteiger partial charge in [0.15, 0.2) is 5.96 Å². The van der Waals surface area contributed by atoms with Gasteiger partial charge in [-0.05, 0) is 36.5 Å². The molecule has 0 aliphatic carbocycles. The molecule has 2 heterocycles. The monoisotopic (exact) mass is 515 g/mol. The van der Waals surface area contributed by atoms with Crippen molar-refractivity contribution in [3.8, 4) is 0 Å². The van der Waals surface area contributed by atoms with Crippen LogP contribution in [0.1, 0.15) is 28.8 Å². The van der Waals surface area contributed by atoms with Crippen LogP contribution in [0.3, 0.4) is 0 Å². The third kappa shape index (κ3) is 7.14. The van der Waals surface area contributed by atoms with Crippen molar-refractivity contribution in [2.24, 2.45) is 10.9 Å². The van der Waals surface area contributed by atoms with Gasteiger partial charge in [-0.3, -0.25) is 14.6 Å². The van der Waals surface area contributed by atoms with Gasteiger partial charge < -0.3 is 25.6 Å².